The van der Waals surface area contributed by atoms with Gasteiger partial charge >= 0.3 is 0 Å². The van der Waals surface area contributed by atoms with Crippen molar-refractivity contribution in [1.29, 1.82) is 0 Å². The number of rotatable bonds is 3. The van der Waals surface area contributed by atoms with E-state index in [1.54, 1.807) is 10.9 Å². The Morgan fingerprint density at radius 3 is 2.86 bits per heavy atom. The number of aliphatic hydroxyl groups excluding tert-OH is 1. The molecule has 6 nitrogen and oxygen atoms in total. The lowest BCUT2D eigenvalue weighted by Crippen LogP contribution is -2.49. The Morgan fingerprint density at radius 2 is 2.19 bits per heavy atom. The van der Waals surface area contributed by atoms with Crippen LogP contribution in [-0.2, 0) is 7.05 Å². The molecular weight excluding hydrogens is 268 g/mol. The number of amides is 1. The van der Waals surface area contributed by atoms with Gasteiger partial charge in [-0.05, 0) is 25.8 Å². The molecule has 0 bridgehead atoms. The van der Waals surface area contributed by atoms with Gasteiger partial charge in [0.2, 0.25) is 0 Å². The number of nitrogens with zero attached hydrogens (tertiary/aromatic N) is 3. The molecule has 0 saturated heterocycles. The zero-order chi connectivity index (χ0) is 15.0. The molecule has 1 aliphatic carbocycles. The number of hydrogen-bond acceptors (Lipinski definition) is 4. The molecule has 6 heteroatoms. The Bertz CT molecular complexity index is 686. The van der Waals surface area contributed by atoms with Gasteiger partial charge in [0.05, 0.1) is 23.4 Å². The maximum Gasteiger partial charge on any atom is 0.253 e. The second-order valence-corrected chi connectivity index (χ2v) is 5.90. The minimum absolute atomic E-state index is 0.0136. The minimum Gasteiger partial charge on any atom is -0.394 e. The molecule has 0 atom stereocenters. The van der Waals surface area contributed by atoms with Crippen LogP contribution in [0, 0.1) is 6.92 Å². The summed E-state index contributed by atoms with van der Waals surface area (Å²) < 4.78 is 1.71. The van der Waals surface area contributed by atoms with E-state index in [0.29, 0.717) is 5.56 Å². The van der Waals surface area contributed by atoms with Crippen LogP contribution in [0.15, 0.2) is 12.3 Å². The fourth-order valence-electron chi connectivity index (χ4n) is 3.12. The molecule has 0 radical (unpaired) electrons. The summed E-state index contributed by atoms with van der Waals surface area (Å²) in [5.74, 6) is -0.177. The average molecular weight is 288 g/mol. The summed E-state index contributed by atoms with van der Waals surface area (Å²) in [7, 11) is 1.83. The minimum atomic E-state index is -0.462. The molecule has 21 heavy (non-hydrogen) atoms. The van der Waals surface area contributed by atoms with E-state index in [2.05, 4.69) is 15.4 Å². The first kappa shape index (κ1) is 14.0. The van der Waals surface area contributed by atoms with E-state index >= 15 is 0 Å². The number of aromatic nitrogens is 3. The molecule has 0 unspecified atom stereocenters. The number of pyridine rings is 1. The van der Waals surface area contributed by atoms with Gasteiger partial charge in [-0.2, -0.15) is 5.10 Å². The molecule has 1 fully saturated rings. The second-order valence-electron chi connectivity index (χ2n) is 5.90. The predicted octanol–water partition coefficient (Wildman–Crippen LogP) is 1.31. The van der Waals surface area contributed by atoms with Gasteiger partial charge in [-0.1, -0.05) is 12.8 Å². The Hall–Kier alpha value is -1.95. The summed E-state index contributed by atoms with van der Waals surface area (Å²) in [4.78, 5) is 16.8. The SMILES string of the molecule is Cc1nn(C)c2ncc(C(=O)NC3(CO)CCCC3)cc12. The van der Waals surface area contributed by atoms with Crippen molar-refractivity contribution < 1.29 is 9.90 Å². The zero-order valence-corrected chi connectivity index (χ0v) is 12.4. The van der Waals surface area contributed by atoms with Crippen molar-refractivity contribution in [2.75, 3.05) is 6.61 Å². The van der Waals surface area contributed by atoms with Crippen LogP contribution in [0.4, 0.5) is 0 Å². The highest BCUT2D eigenvalue weighted by molar-refractivity contribution is 5.97. The molecule has 0 spiro atoms. The lowest BCUT2D eigenvalue weighted by molar-refractivity contribution is 0.0838. The summed E-state index contributed by atoms with van der Waals surface area (Å²) in [6.07, 6.45) is 5.31. The Morgan fingerprint density at radius 1 is 1.48 bits per heavy atom. The van der Waals surface area contributed by atoms with Crippen molar-refractivity contribution in [3.8, 4) is 0 Å². The highest BCUT2D eigenvalue weighted by Gasteiger charge is 2.34. The maximum atomic E-state index is 12.4. The van der Waals surface area contributed by atoms with E-state index in [1.165, 1.54) is 0 Å². The van der Waals surface area contributed by atoms with E-state index in [9.17, 15) is 9.90 Å². The Balaban J connectivity index is 1.89. The lowest BCUT2D eigenvalue weighted by Gasteiger charge is -2.27. The third-order valence-corrected chi connectivity index (χ3v) is 4.37. The highest BCUT2D eigenvalue weighted by atomic mass is 16.3. The predicted molar refractivity (Wildman–Crippen MR) is 79.0 cm³/mol. The molecule has 112 valence electrons. The number of aryl methyl sites for hydroxylation is 2. The Kier molecular flexibility index (Phi) is 3.41. The molecule has 1 aliphatic rings. The van der Waals surface area contributed by atoms with E-state index in [0.717, 1.165) is 42.4 Å². The third kappa shape index (κ3) is 2.40. The maximum absolute atomic E-state index is 12.4. The number of hydrogen-bond donors (Lipinski definition) is 2. The van der Waals surface area contributed by atoms with Gasteiger partial charge in [-0.25, -0.2) is 4.98 Å². The molecule has 2 N–H and O–H groups in total. The topological polar surface area (TPSA) is 80.0 Å². The van der Waals surface area contributed by atoms with Gasteiger partial charge in [-0.3, -0.25) is 9.48 Å². The standard InChI is InChI=1S/C15H20N4O2/c1-10-12-7-11(8-16-13(12)19(2)18-10)14(21)17-15(9-20)5-3-4-6-15/h7-8,20H,3-6,9H2,1-2H3,(H,17,21). The molecule has 2 aromatic heterocycles. The fraction of sp³-hybridized carbons (Fsp3) is 0.533. The number of nitrogens with one attached hydrogen (secondary N) is 1. The molecule has 2 heterocycles. The molecule has 2 aromatic rings. The Labute approximate surface area is 123 Å². The van der Waals surface area contributed by atoms with Gasteiger partial charge in [0.15, 0.2) is 5.65 Å². The number of fused-ring (bicyclic) bond motifs is 1. The van der Waals surface area contributed by atoms with Crippen molar-refractivity contribution in [2.45, 2.75) is 38.1 Å². The highest BCUT2D eigenvalue weighted by Crippen LogP contribution is 2.29. The van der Waals surface area contributed by atoms with E-state index in [4.69, 9.17) is 0 Å². The van der Waals surface area contributed by atoms with Crippen LogP contribution in [0.2, 0.25) is 0 Å². The third-order valence-electron chi connectivity index (χ3n) is 4.37. The molecule has 1 amide bonds. The first-order valence-corrected chi connectivity index (χ1v) is 7.27. The molecular formula is C15H20N4O2. The van der Waals surface area contributed by atoms with Crippen molar-refractivity contribution in [2.24, 2.45) is 7.05 Å². The molecule has 0 aliphatic heterocycles. The van der Waals surface area contributed by atoms with Crippen LogP contribution in [0.5, 0.6) is 0 Å². The van der Waals surface area contributed by atoms with Crippen molar-refractivity contribution in [3.63, 3.8) is 0 Å². The number of carbonyl (C=O) groups excluding carboxylic acids is 1. The first-order chi connectivity index (χ1) is 10.0. The van der Waals surface area contributed by atoms with E-state index < -0.39 is 5.54 Å². The van der Waals surface area contributed by atoms with Gasteiger partial charge in [0.25, 0.3) is 5.91 Å². The van der Waals surface area contributed by atoms with Crippen LogP contribution >= 0.6 is 0 Å². The quantitative estimate of drug-likeness (QED) is 0.892. The summed E-state index contributed by atoms with van der Waals surface area (Å²) >= 11 is 0. The summed E-state index contributed by atoms with van der Waals surface area (Å²) in [6.45, 7) is 1.89. The van der Waals surface area contributed by atoms with Crippen LogP contribution in [0.25, 0.3) is 11.0 Å². The average Bonchev–Trinajstić information content (AvgIpc) is 3.05. The van der Waals surface area contributed by atoms with Crippen molar-refractivity contribution in [3.05, 3.63) is 23.5 Å². The summed E-state index contributed by atoms with van der Waals surface area (Å²) in [6, 6.07) is 1.82. The van der Waals surface area contributed by atoms with Crippen molar-refractivity contribution >= 4 is 16.9 Å². The smallest absolute Gasteiger partial charge is 0.253 e. The molecule has 0 aromatic carbocycles. The summed E-state index contributed by atoms with van der Waals surface area (Å²) in [5, 5.41) is 17.8. The molecule has 1 saturated carbocycles. The van der Waals surface area contributed by atoms with Crippen LogP contribution in [0.1, 0.15) is 41.7 Å². The largest absolute Gasteiger partial charge is 0.394 e. The molecule has 3 rings (SSSR count). The number of aliphatic hydroxyl groups is 1. The van der Waals surface area contributed by atoms with E-state index in [1.807, 2.05) is 20.0 Å². The van der Waals surface area contributed by atoms with E-state index in [-0.39, 0.29) is 12.5 Å². The van der Waals surface area contributed by atoms with Crippen LogP contribution in [0.3, 0.4) is 0 Å². The summed E-state index contributed by atoms with van der Waals surface area (Å²) in [5.41, 5.74) is 1.67. The normalized spacial score (nSPS) is 17.3. The van der Waals surface area contributed by atoms with Gasteiger partial charge in [0, 0.05) is 18.6 Å². The fourth-order valence-corrected chi connectivity index (χ4v) is 3.12. The van der Waals surface area contributed by atoms with Crippen molar-refractivity contribution in [1.82, 2.24) is 20.1 Å². The van der Waals surface area contributed by atoms with Gasteiger partial charge in [0.1, 0.15) is 0 Å². The first-order valence-electron chi connectivity index (χ1n) is 7.27. The second kappa shape index (κ2) is 5.11. The lowest BCUT2D eigenvalue weighted by atomic mass is 9.98. The van der Waals surface area contributed by atoms with Crippen LogP contribution in [-0.4, -0.2) is 37.9 Å². The monoisotopic (exact) mass is 288 g/mol. The zero-order valence-electron chi connectivity index (χ0n) is 12.4. The van der Waals surface area contributed by atoms with Gasteiger partial charge in [-0.15, -0.1) is 0 Å². The van der Waals surface area contributed by atoms with Gasteiger partial charge < -0.3 is 10.4 Å². The van der Waals surface area contributed by atoms with Crippen LogP contribution < -0.4 is 5.32 Å². The number of carbonyl (C=O) groups is 1.